The van der Waals surface area contributed by atoms with E-state index in [1.54, 1.807) is 6.07 Å². The van der Waals surface area contributed by atoms with Crippen molar-refractivity contribution in [3.8, 4) is 0 Å². The second-order valence-electron chi connectivity index (χ2n) is 3.19. The van der Waals surface area contributed by atoms with Gasteiger partial charge in [0.2, 0.25) is 0 Å². The Labute approximate surface area is 75.6 Å². The molecule has 1 fully saturated rings. The van der Waals surface area contributed by atoms with Crippen LogP contribution in [0.1, 0.15) is 30.9 Å². The van der Waals surface area contributed by atoms with Crippen LogP contribution in [0.5, 0.6) is 0 Å². The van der Waals surface area contributed by atoms with E-state index in [0.717, 1.165) is 18.5 Å². The minimum absolute atomic E-state index is 0.0719. The number of rotatable bonds is 1. The van der Waals surface area contributed by atoms with E-state index >= 15 is 0 Å². The molecule has 1 atom stereocenters. The van der Waals surface area contributed by atoms with E-state index in [4.69, 9.17) is 0 Å². The van der Waals surface area contributed by atoms with Crippen molar-refractivity contribution in [2.75, 3.05) is 6.54 Å². The van der Waals surface area contributed by atoms with E-state index in [9.17, 15) is 4.39 Å². The van der Waals surface area contributed by atoms with Crippen LogP contribution < -0.4 is 5.32 Å². The first-order chi connectivity index (χ1) is 5.86. The molecular formula is C9H12FNS. The van der Waals surface area contributed by atoms with Gasteiger partial charge in [0.25, 0.3) is 0 Å². The van der Waals surface area contributed by atoms with Crippen molar-refractivity contribution in [1.82, 2.24) is 5.32 Å². The molecular weight excluding hydrogens is 173 g/mol. The lowest BCUT2D eigenvalue weighted by atomic mass is 10.0. The van der Waals surface area contributed by atoms with Gasteiger partial charge in [-0.3, -0.25) is 0 Å². The number of hydrogen-bond acceptors (Lipinski definition) is 2. The molecule has 0 amide bonds. The van der Waals surface area contributed by atoms with Gasteiger partial charge in [-0.25, -0.2) is 0 Å². The normalized spacial score (nSPS) is 24.2. The van der Waals surface area contributed by atoms with Gasteiger partial charge in [-0.2, -0.15) is 4.39 Å². The van der Waals surface area contributed by atoms with Crippen LogP contribution in [0.15, 0.2) is 11.4 Å². The first-order valence-electron chi connectivity index (χ1n) is 4.33. The van der Waals surface area contributed by atoms with Gasteiger partial charge >= 0.3 is 0 Å². The molecule has 12 heavy (non-hydrogen) atoms. The lowest BCUT2D eigenvalue weighted by molar-refractivity contribution is 0.412. The van der Waals surface area contributed by atoms with E-state index in [-0.39, 0.29) is 5.13 Å². The zero-order valence-electron chi connectivity index (χ0n) is 6.85. The summed E-state index contributed by atoms with van der Waals surface area (Å²) in [5, 5.41) is 5.23. The van der Waals surface area contributed by atoms with Crippen molar-refractivity contribution >= 4 is 11.3 Å². The summed E-state index contributed by atoms with van der Waals surface area (Å²) in [5.41, 5.74) is 1.12. The van der Waals surface area contributed by atoms with Crippen LogP contribution in [-0.2, 0) is 0 Å². The van der Waals surface area contributed by atoms with E-state index in [2.05, 4.69) is 5.32 Å². The summed E-state index contributed by atoms with van der Waals surface area (Å²) in [5.74, 6) is 0. The average molecular weight is 185 g/mol. The number of piperidine rings is 1. The maximum Gasteiger partial charge on any atom is 0.176 e. The van der Waals surface area contributed by atoms with Gasteiger partial charge in [-0.15, -0.1) is 11.3 Å². The predicted molar refractivity (Wildman–Crippen MR) is 48.9 cm³/mol. The third-order valence-electron chi connectivity index (χ3n) is 2.30. The molecule has 1 saturated heterocycles. The summed E-state index contributed by atoms with van der Waals surface area (Å²) in [6, 6.07) is 2.05. The van der Waals surface area contributed by atoms with E-state index in [0.29, 0.717) is 6.04 Å². The zero-order chi connectivity index (χ0) is 8.39. The summed E-state index contributed by atoms with van der Waals surface area (Å²) in [6.07, 6.45) is 3.66. The Morgan fingerprint density at radius 3 is 3.00 bits per heavy atom. The molecule has 1 aliphatic rings. The lowest BCUT2D eigenvalue weighted by Crippen LogP contribution is -2.26. The molecule has 1 aliphatic heterocycles. The van der Waals surface area contributed by atoms with Gasteiger partial charge in [0.15, 0.2) is 5.13 Å². The summed E-state index contributed by atoms with van der Waals surface area (Å²) < 4.78 is 12.7. The molecule has 0 aliphatic carbocycles. The Hall–Kier alpha value is -0.410. The Morgan fingerprint density at radius 1 is 1.50 bits per heavy atom. The SMILES string of the molecule is Fc1cc(C2CCCCN2)cs1. The van der Waals surface area contributed by atoms with Gasteiger partial charge < -0.3 is 5.32 Å². The summed E-state index contributed by atoms with van der Waals surface area (Å²) >= 11 is 1.19. The fourth-order valence-corrected chi connectivity index (χ4v) is 2.33. The summed E-state index contributed by atoms with van der Waals surface area (Å²) in [7, 11) is 0. The van der Waals surface area contributed by atoms with Crippen LogP contribution in [0.3, 0.4) is 0 Å². The van der Waals surface area contributed by atoms with E-state index in [1.807, 2.05) is 5.38 Å². The third kappa shape index (κ3) is 1.67. The molecule has 1 aromatic heterocycles. The second-order valence-corrected chi connectivity index (χ2v) is 4.05. The molecule has 0 spiro atoms. The molecule has 0 radical (unpaired) electrons. The van der Waals surface area contributed by atoms with Crippen molar-refractivity contribution in [3.63, 3.8) is 0 Å². The zero-order valence-corrected chi connectivity index (χ0v) is 7.66. The predicted octanol–water partition coefficient (Wildman–Crippen LogP) is 2.70. The standard InChI is InChI=1S/C9H12FNS/c10-9-5-7(6-12-9)8-3-1-2-4-11-8/h5-6,8,11H,1-4H2. The van der Waals surface area contributed by atoms with E-state index < -0.39 is 0 Å². The highest BCUT2D eigenvalue weighted by atomic mass is 32.1. The van der Waals surface area contributed by atoms with Crippen LogP contribution >= 0.6 is 11.3 Å². The van der Waals surface area contributed by atoms with Gasteiger partial charge in [-0.1, -0.05) is 6.42 Å². The first kappa shape index (κ1) is 8.20. The molecule has 0 saturated carbocycles. The van der Waals surface area contributed by atoms with Gasteiger partial charge in [0.1, 0.15) is 0 Å². The Bertz CT molecular complexity index is 253. The van der Waals surface area contributed by atoms with Crippen LogP contribution in [-0.4, -0.2) is 6.54 Å². The number of thiophene rings is 1. The van der Waals surface area contributed by atoms with Crippen LogP contribution in [0.4, 0.5) is 4.39 Å². The highest BCUT2D eigenvalue weighted by molar-refractivity contribution is 7.08. The van der Waals surface area contributed by atoms with Gasteiger partial charge in [-0.05, 0) is 36.4 Å². The largest absolute Gasteiger partial charge is 0.310 e. The molecule has 1 unspecified atom stereocenters. The highest BCUT2D eigenvalue weighted by Crippen LogP contribution is 2.26. The van der Waals surface area contributed by atoms with Crippen molar-refractivity contribution in [3.05, 3.63) is 22.1 Å². The first-order valence-corrected chi connectivity index (χ1v) is 5.21. The molecule has 2 rings (SSSR count). The summed E-state index contributed by atoms with van der Waals surface area (Å²) in [4.78, 5) is 0. The average Bonchev–Trinajstić information content (AvgIpc) is 2.54. The van der Waals surface area contributed by atoms with E-state index in [1.165, 1.54) is 24.2 Å². The molecule has 0 bridgehead atoms. The van der Waals surface area contributed by atoms with Gasteiger partial charge in [0.05, 0.1) is 0 Å². The monoisotopic (exact) mass is 185 g/mol. The Balaban J connectivity index is 2.08. The number of halogens is 1. The topological polar surface area (TPSA) is 12.0 Å². The maximum absolute atomic E-state index is 12.7. The van der Waals surface area contributed by atoms with Crippen molar-refractivity contribution < 1.29 is 4.39 Å². The Kier molecular flexibility index (Phi) is 2.42. The van der Waals surface area contributed by atoms with Crippen molar-refractivity contribution in [1.29, 1.82) is 0 Å². The molecule has 1 aromatic rings. The van der Waals surface area contributed by atoms with Crippen LogP contribution in [0.25, 0.3) is 0 Å². The molecule has 1 N–H and O–H groups in total. The van der Waals surface area contributed by atoms with Gasteiger partial charge in [0, 0.05) is 6.04 Å². The number of nitrogens with one attached hydrogen (secondary N) is 1. The minimum Gasteiger partial charge on any atom is -0.310 e. The molecule has 0 aromatic carbocycles. The smallest absolute Gasteiger partial charge is 0.176 e. The fraction of sp³-hybridized carbons (Fsp3) is 0.556. The highest BCUT2D eigenvalue weighted by Gasteiger charge is 2.15. The van der Waals surface area contributed by atoms with Crippen molar-refractivity contribution in [2.24, 2.45) is 0 Å². The molecule has 66 valence electrons. The van der Waals surface area contributed by atoms with Crippen molar-refractivity contribution in [2.45, 2.75) is 25.3 Å². The maximum atomic E-state index is 12.7. The van der Waals surface area contributed by atoms with Crippen LogP contribution in [0.2, 0.25) is 0 Å². The van der Waals surface area contributed by atoms with Crippen LogP contribution in [0, 0.1) is 5.13 Å². The summed E-state index contributed by atoms with van der Waals surface area (Å²) in [6.45, 7) is 1.07. The quantitative estimate of drug-likeness (QED) is 0.709. The number of hydrogen-bond donors (Lipinski definition) is 1. The molecule has 2 heterocycles. The lowest BCUT2D eigenvalue weighted by Gasteiger charge is -2.22. The Morgan fingerprint density at radius 2 is 2.42 bits per heavy atom. The molecule has 1 nitrogen and oxygen atoms in total. The molecule has 3 heteroatoms. The third-order valence-corrected chi connectivity index (χ3v) is 3.03. The minimum atomic E-state index is -0.0719. The fourth-order valence-electron chi connectivity index (χ4n) is 1.64. The second kappa shape index (κ2) is 3.54.